The predicted octanol–water partition coefficient (Wildman–Crippen LogP) is 9.74. The molecule has 0 amide bonds. The molecule has 7 heteroatoms. The number of halogens is 1. The molecule has 0 saturated heterocycles. The lowest BCUT2D eigenvalue weighted by Crippen LogP contribution is -2.10. The smallest absolute Gasteiger partial charge is 0.341 e. The van der Waals surface area contributed by atoms with Crippen LogP contribution >= 0.6 is 27.3 Å². The van der Waals surface area contributed by atoms with Gasteiger partial charge in [0.05, 0.1) is 14.2 Å². The van der Waals surface area contributed by atoms with Crippen LogP contribution in [0.2, 0.25) is 0 Å². The summed E-state index contributed by atoms with van der Waals surface area (Å²) in [5.41, 5.74) is 7.20. The molecule has 6 aromatic rings. The van der Waals surface area contributed by atoms with Gasteiger partial charge in [-0.05, 0) is 64.2 Å². The van der Waals surface area contributed by atoms with E-state index >= 15 is 0 Å². The van der Waals surface area contributed by atoms with Crippen LogP contribution in [0.5, 0.6) is 17.2 Å². The van der Waals surface area contributed by atoms with Gasteiger partial charge in [-0.1, -0.05) is 88.7 Å². The second-order valence-corrected chi connectivity index (χ2v) is 12.2. The zero-order valence-corrected chi connectivity index (χ0v) is 26.6. The minimum absolute atomic E-state index is 0.445. The summed E-state index contributed by atoms with van der Waals surface area (Å²) >= 11 is 5.75. The quantitative estimate of drug-likeness (QED) is 0.158. The van der Waals surface area contributed by atoms with Crippen molar-refractivity contribution in [1.29, 1.82) is 0 Å². The van der Waals surface area contributed by atoms with Crippen LogP contribution in [0.15, 0.2) is 114 Å². The number of ether oxygens (including phenoxy) is 3. The van der Waals surface area contributed by atoms with Gasteiger partial charge in [0.2, 0.25) is 0 Å². The van der Waals surface area contributed by atoms with Crippen LogP contribution in [0.25, 0.3) is 43.5 Å². The second kappa shape index (κ2) is 13.0. The average molecular weight is 666 g/mol. The number of methoxy groups -OCH3 is 2. The monoisotopic (exact) mass is 664 g/mol. The first-order valence-corrected chi connectivity index (χ1v) is 15.6. The van der Waals surface area contributed by atoms with E-state index in [1.165, 1.54) is 26.1 Å². The van der Waals surface area contributed by atoms with Gasteiger partial charge in [-0.3, -0.25) is 0 Å². The number of rotatable bonds is 10. The van der Waals surface area contributed by atoms with Gasteiger partial charge in [0.1, 0.15) is 5.75 Å². The van der Waals surface area contributed by atoms with Crippen LogP contribution in [-0.4, -0.2) is 31.9 Å². The maximum absolute atomic E-state index is 11.3. The van der Waals surface area contributed by atoms with E-state index in [0.717, 1.165) is 38.7 Å². The van der Waals surface area contributed by atoms with E-state index in [-0.39, 0.29) is 0 Å². The number of benzene rings is 5. The molecule has 0 aliphatic rings. The topological polar surface area (TPSA) is 65.0 Å². The number of carboxylic acids is 1. The highest BCUT2D eigenvalue weighted by Gasteiger charge is 2.18. The largest absolute Gasteiger partial charge is 0.493 e. The third-order valence-electron chi connectivity index (χ3n) is 7.47. The molecular formula is C37H29BrO5S. The third-order valence-corrected chi connectivity index (χ3v) is 9.30. The van der Waals surface area contributed by atoms with Crippen molar-refractivity contribution in [3.8, 4) is 50.6 Å². The Hall–Kier alpha value is -4.59. The molecule has 1 N–H and O–H groups in total. The van der Waals surface area contributed by atoms with E-state index in [4.69, 9.17) is 14.2 Å². The molecule has 220 valence electrons. The van der Waals surface area contributed by atoms with E-state index in [9.17, 15) is 9.90 Å². The summed E-state index contributed by atoms with van der Waals surface area (Å²) in [6.45, 7) is -0.445. The molecule has 1 heterocycles. The molecule has 0 aliphatic heterocycles. The summed E-state index contributed by atoms with van der Waals surface area (Å²) in [5.74, 6) is 0.599. The van der Waals surface area contributed by atoms with Crippen molar-refractivity contribution < 1.29 is 24.1 Å². The first kappa shape index (κ1) is 29.5. The first-order valence-electron chi connectivity index (χ1n) is 14.0. The fourth-order valence-electron chi connectivity index (χ4n) is 5.40. The van der Waals surface area contributed by atoms with Crippen LogP contribution in [0.1, 0.15) is 10.4 Å². The summed E-state index contributed by atoms with van der Waals surface area (Å²) in [6, 6.07) is 36.9. The van der Waals surface area contributed by atoms with Gasteiger partial charge in [0.25, 0.3) is 0 Å². The summed E-state index contributed by atoms with van der Waals surface area (Å²) in [6.07, 6.45) is 0.857. The molecule has 6 rings (SSSR count). The highest BCUT2D eigenvalue weighted by molar-refractivity contribution is 9.10. The van der Waals surface area contributed by atoms with Crippen molar-refractivity contribution in [2.24, 2.45) is 0 Å². The van der Waals surface area contributed by atoms with Gasteiger partial charge in [-0.2, -0.15) is 0 Å². The molecule has 5 nitrogen and oxygen atoms in total. The van der Waals surface area contributed by atoms with Crippen LogP contribution in [0.4, 0.5) is 0 Å². The Kier molecular flexibility index (Phi) is 8.68. The van der Waals surface area contributed by atoms with Gasteiger partial charge in [-0.15, -0.1) is 11.3 Å². The lowest BCUT2D eigenvalue weighted by atomic mass is 9.94. The zero-order chi connectivity index (χ0) is 30.6. The van der Waals surface area contributed by atoms with Crippen molar-refractivity contribution in [3.05, 3.63) is 124 Å². The Morgan fingerprint density at radius 3 is 2.16 bits per heavy atom. The molecule has 44 heavy (non-hydrogen) atoms. The molecule has 0 radical (unpaired) electrons. The lowest BCUT2D eigenvalue weighted by Gasteiger charge is -2.15. The first-order chi connectivity index (χ1) is 21.4. The van der Waals surface area contributed by atoms with E-state index < -0.39 is 12.6 Å². The summed E-state index contributed by atoms with van der Waals surface area (Å²) in [5, 5.41) is 10.5. The predicted molar refractivity (Wildman–Crippen MR) is 181 cm³/mol. The summed E-state index contributed by atoms with van der Waals surface area (Å²) in [7, 11) is 3.17. The number of carboxylic acid groups (broad SMARTS) is 1. The highest BCUT2D eigenvalue weighted by atomic mass is 79.9. The number of thiophene rings is 1. The summed E-state index contributed by atoms with van der Waals surface area (Å²) < 4.78 is 18.9. The fourth-order valence-corrected chi connectivity index (χ4v) is 7.23. The number of hydrogen-bond acceptors (Lipinski definition) is 5. The van der Waals surface area contributed by atoms with Gasteiger partial charge >= 0.3 is 5.97 Å². The average Bonchev–Trinajstić information content (AvgIpc) is 3.41. The minimum Gasteiger partial charge on any atom is -0.493 e. The molecule has 0 spiro atoms. The molecule has 0 unspecified atom stereocenters. The molecule has 0 bridgehead atoms. The highest BCUT2D eigenvalue weighted by Crippen LogP contribution is 2.44. The van der Waals surface area contributed by atoms with E-state index in [1.807, 2.05) is 53.8 Å². The normalized spacial score (nSPS) is 11.0. The van der Waals surface area contributed by atoms with E-state index in [2.05, 4.69) is 82.7 Å². The Balaban J connectivity index is 1.42. The Morgan fingerprint density at radius 1 is 0.727 bits per heavy atom. The van der Waals surface area contributed by atoms with Crippen LogP contribution in [-0.2, 0) is 11.2 Å². The van der Waals surface area contributed by atoms with Gasteiger partial charge in [0.15, 0.2) is 18.1 Å². The van der Waals surface area contributed by atoms with Gasteiger partial charge in [0, 0.05) is 37.0 Å². The van der Waals surface area contributed by atoms with E-state index in [0.29, 0.717) is 17.2 Å². The number of hydrogen-bond donors (Lipinski definition) is 1. The van der Waals surface area contributed by atoms with Gasteiger partial charge < -0.3 is 19.3 Å². The number of fused-ring (bicyclic) bond motifs is 1. The van der Waals surface area contributed by atoms with Crippen LogP contribution in [0.3, 0.4) is 0 Å². The molecule has 1 aromatic heterocycles. The molecule has 0 saturated carbocycles. The van der Waals surface area contributed by atoms with Crippen LogP contribution < -0.4 is 14.2 Å². The zero-order valence-electron chi connectivity index (χ0n) is 24.2. The Morgan fingerprint density at radius 2 is 1.41 bits per heavy atom. The Labute approximate surface area is 268 Å². The maximum atomic E-state index is 11.3. The molecule has 5 aromatic carbocycles. The molecule has 0 atom stereocenters. The standard InChI is InChI=1S/C37H29BrO5S/c1-41-32-17-14-26(21-33(32)42-2)29-19-24(13-16-31(29)43-22-36(39)40)25-12-15-27(30(38)20-25)37-28-10-6-7-11-34(28)44-35(37)18-23-8-4-3-5-9-23/h3-17,19-21H,18,22H2,1-2H3,(H,39,40). The molecule has 0 aliphatic carbocycles. The van der Waals surface area contributed by atoms with Crippen molar-refractivity contribution >= 4 is 43.3 Å². The Bertz CT molecular complexity index is 1960. The van der Waals surface area contributed by atoms with Gasteiger partial charge in [-0.25, -0.2) is 4.79 Å². The second-order valence-electron chi connectivity index (χ2n) is 10.2. The molecule has 0 fully saturated rings. The van der Waals surface area contributed by atoms with Crippen molar-refractivity contribution in [1.82, 2.24) is 0 Å². The van der Waals surface area contributed by atoms with Crippen molar-refractivity contribution in [2.45, 2.75) is 6.42 Å². The van der Waals surface area contributed by atoms with Crippen molar-refractivity contribution in [2.75, 3.05) is 20.8 Å². The third kappa shape index (κ3) is 6.07. The number of aliphatic carboxylic acids is 1. The molecular weight excluding hydrogens is 636 g/mol. The van der Waals surface area contributed by atoms with Crippen molar-refractivity contribution in [3.63, 3.8) is 0 Å². The number of carbonyl (C=O) groups is 1. The minimum atomic E-state index is -1.04. The fraction of sp³-hybridized carbons (Fsp3) is 0.108. The SMILES string of the molecule is COc1ccc(-c2cc(-c3ccc(-c4c(Cc5ccccc5)sc5ccccc45)c(Br)c3)ccc2OCC(=O)O)cc1OC. The van der Waals surface area contributed by atoms with E-state index in [1.54, 1.807) is 14.2 Å². The summed E-state index contributed by atoms with van der Waals surface area (Å²) in [4.78, 5) is 12.6. The van der Waals surface area contributed by atoms with Crippen LogP contribution in [0, 0.1) is 0 Å². The lowest BCUT2D eigenvalue weighted by molar-refractivity contribution is -0.139. The maximum Gasteiger partial charge on any atom is 0.341 e.